The first kappa shape index (κ1) is 42.0. The maximum atomic E-state index is 0. The van der Waals surface area contributed by atoms with Crippen LogP contribution >= 0.6 is 0 Å². The first-order valence-corrected chi connectivity index (χ1v) is 0. The van der Waals surface area contributed by atoms with Crippen LogP contribution in [-0.4, -0.2) is 28.3 Å². The van der Waals surface area contributed by atoms with Gasteiger partial charge in [-0.3, -0.25) is 0 Å². The summed E-state index contributed by atoms with van der Waals surface area (Å²) < 4.78 is 0. The van der Waals surface area contributed by atoms with Crippen LogP contribution < -0.4 is 0 Å². The van der Waals surface area contributed by atoms with Crippen molar-refractivity contribution >= 4 is 28.3 Å². The molecule has 0 aliphatic carbocycles. The van der Waals surface area contributed by atoms with Crippen LogP contribution in [-0.2, 0) is 21.7 Å². The van der Waals surface area contributed by atoms with Gasteiger partial charge in [-0.1, -0.05) is 0 Å². The van der Waals surface area contributed by atoms with E-state index in [1.165, 1.54) is 0 Å². The first-order valence-electron chi connectivity index (χ1n) is 0. The summed E-state index contributed by atoms with van der Waals surface area (Å²) in [5.41, 5.74) is 0. The second-order valence-electron chi connectivity index (χ2n) is 0. The van der Waals surface area contributed by atoms with E-state index in [1.807, 2.05) is 0 Å². The van der Waals surface area contributed by atoms with E-state index in [-0.39, 0.29) is 171 Å². The molecule has 0 aromatic rings. The van der Waals surface area contributed by atoms with Crippen molar-refractivity contribution in [3.63, 3.8) is 0 Å². The van der Waals surface area contributed by atoms with E-state index in [1.54, 1.807) is 0 Å². The van der Waals surface area contributed by atoms with Crippen molar-refractivity contribution in [3.8, 4) is 0 Å². The molecule has 0 bridgehead atoms. The maximum absolute atomic E-state index is 0. The van der Waals surface area contributed by atoms with Crippen LogP contribution in [0.4, 0.5) is 0 Å². The van der Waals surface area contributed by atoms with Crippen molar-refractivity contribution in [1.82, 2.24) is 0 Å². The summed E-state index contributed by atoms with van der Waals surface area (Å²) >= 11 is 0. The molecule has 0 rings (SSSR count). The largest absolute Gasteiger partial charge is 0.187 e. The summed E-state index contributed by atoms with van der Waals surface area (Å²) in [6.45, 7) is 0. The number of hydrogen-bond acceptors (Lipinski definition) is 0. The molecule has 0 heterocycles. The van der Waals surface area contributed by atoms with Crippen LogP contribution in [0, 0.1) is 121 Å². The van der Waals surface area contributed by atoms with Gasteiger partial charge in [-0.05, 0) is 11.0 Å². The minimum absolute atomic E-state index is 0. The average Bonchev–Trinajstić information content (AvgIpc) is 0. The van der Waals surface area contributed by atoms with Crippen LogP contribution in [0.1, 0.15) is 0 Å². The Morgan fingerprint density at radius 1 is 1.00 bits per heavy atom. The van der Waals surface area contributed by atoms with E-state index in [0.717, 1.165) is 0 Å². The summed E-state index contributed by atoms with van der Waals surface area (Å²) in [4.78, 5) is 0. The van der Waals surface area contributed by atoms with Crippen LogP contribution in [0.3, 0.4) is 0 Å². The molecule has 0 saturated heterocycles. The van der Waals surface area contributed by atoms with Crippen molar-refractivity contribution in [1.29, 1.82) is 0 Å². The van der Waals surface area contributed by atoms with Crippen LogP contribution in [0.2, 0.25) is 0 Å². The van der Waals surface area contributed by atoms with Crippen LogP contribution in [0.15, 0.2) is 0 Å². The van der Waals surface area contributed by atoms with E-state index >= 15 is 0 Å². The fraction of sp³-hybridized carbons (Fsp3) is 0. The van der Waals surface area contributed by atoms with Crippen molar-refractivity contribution in [2.75, 3.05) is 0 Å². The summed E-state index contributed by atoms with van der Waals surface area (Å²) in [6, 6.07) is 0. The normalized spacial score (nSPS) is 0. The molecule has 2 radical (unpaired) electrons. The van der Waals surface area contributed by atoms with Crippen LogP contribution in [0.25, 0.3) is 0 Å². The summed E-state index contributed by atoms with van der Waals surface area (Å²) in [6.07, 6.45) is 0. The molecule has 0 N–H and O–H groups in total. The monoisotopic (exact) mass is 552 g/mol. The predicted molar refractivity (Wildman–Crippen MR) is 21.3 cm³/mol. The Bertz CT molecular complexity index is 15.5. The molecule has 0 unspecified atom stereocenters. The Balaban J connectivity index is 0. The molecule has 34 valence electrons. The Morgan fingerprint density at radius 2 is 1.00 bits per heavy atom. The molecule has 0 aromatic heterocycles. The molecular weight excluding hydrogens is 547 g/mol. The van der Waals surface area contributed by atoms with Gasteiger partial charge in [0.05, 0.1) is 0 Å². The fourth-order valence-corrected chi connectivity index (χ4v) is 0. The van der Waals surface area contributed by atoms with Gasteiger partial charge in [0.15, 0.2) is 17.4 Å². The van der Waals surface area contributed by atoms with Crippen molar-refractivity contribution in [3.05, 3.63) is 0 Å². The summed E-state index contributed by atoms with van der Waals surface area (Å²) in [5, 5.41) is 0. The third kappa shape index (κ3) is 22.7. The Labute approximate surface area is 165 Å². The predicted octanol–water partition coefficient (Wildman–Crippen LogP) is -2.64. The molecule has 0 saturated carbocycles. The first-order chi connectivity index (χ1) is 0. The fourth-order valence-electron chi connectivity index (χ4n) is 0. The molecule has 0 aliphatic heterocycles. The van der Waals surface area contributed by atoms with E-state index in [4.69, 9.17) is 0 Å². The minimum atomic E-state index is 0. The smallest absolute Gasteiger partial charge is 0.0149 e. The third-order valence-electron chi connectivity index (χ3n) is 0. The summed E-state index contributed by atoms with van der Waals surface area (Å²) in [5.74, 6) is 0. The van der Waals surface area contributed by atoms with Crippen LogP contribution in [0.5, 0.6) is 0 Å². The second-order valence-corrected chi connectivity index (χ2v) is 0. The van der Waals surface area contributed by atoms with Crippen molar-refractivity contribution in [2.45, 2.75) is 0 Å². The minimum Gasteiger partial charge on any atom is -0.0149 e. The molecule has 6 heavy (non-hydrogen) atoms. The molecule has 0 atom stereocenters. The van der Waals surface area contributed by atoms with Gasteiger partial charge in [0, 0.05) is 142 Å². The molecule has 0 aromatic carbocycles. The van der Waals surface area contributed by atoms with E-state index in [0.29, 0.717) is 0 Å². The third-order valence-corrected chi connectivity index (χ3v) is 0. The maximum Gasteiger partial charge on any atom is 0.187 e. The number of hydrogen-bond donors (Lipinski definition) is 0. The Kier molecular flexibility index (Phi) is 220. The molecule has 0 amide bonds. The molecular formula is H7AlNdPrSiTbTi. The SMILES string of the molecule is [AlH3].[Nd].[Pr].[SiH4].[Tb].[Ti]. The van der Waals surface area contributed by atoms with Crippen molar-refractivity contribution < 1.29 is 142 Å². The van der Waals surface area contributed by atoms with Crippen molar-refractivity contribution in [2.24, 2.45) is 0 Å². The van der Waals surface area contributed by atoms with E-state index in [9.17, 15) is 0 Å². The number of rotatable bonds is 0. The standard InChI is InChI=1S/Al.Nd.Pr.H4Si.Tb.Ti.3H/h;;;1H4;;;;;. The van der Waals surface area contributed by atoms with Gasteiger partial charge in [-0.15, -0.1) is 0 Å². The van der Waals surface area contributed by atoms with Gasteiger partial charge in [0.2, 0.25) is 0 Å². The quantitative estimate of drug-likeness (QED) is 0.288. The van der Waals surface area contributed by atoms with Gasteiger partial charge in [-0.2, -0.15) is 0 Å². The molecule has 0 nitrogen and oxygen atoms in total. The Hall–Kier alpha value is 5.46. The average molecular weight is 554 g/mol. The zero-order valence-electron chi connectivity index (χ0n) is 1.91. The van der Waals surface area contributed by atoms with Gasteiger partial charge in [0.25, 0.3) is 0 Å². The zero-order valence-corrected chi connectivity index (χ0v) is 12.5. The topological polar surface area (TPSA) is 0 Å². The molecule has 0 fully saturated rings. The van der Waals surface area contributed by atoms with Gasteiger partial charge >= 0.3 is 0 Å². The van der Waals surface area contributed by atoms with Gasteiger partial charge < -0.3 is 0 Å². The van der Waals surface area contributed by atoms with Gasteiger partial charge in [0.1, 0.15) is 0 Å². The summed E-state index contributed by atoms with van der Waals surface area (Å²) in [7, 11) is 0. The Morgan fingerprint density at radius 3 is 1.00 bits per heavy atom. The molecule has 0 spiro atoms. The van der Waals surface area contributed by atoms with E-state index in [2.05, 4.69) is 0 Å². The van der Waals surface area contributed by atoms with Gasteiger partial charge in [-0.25, -0.2) is 0 Å². The zero-order chi connectivity index (χ0) is 0. The van der Waals surface area contributed by atoms with E-state index < -0.39 is 0 Å². The molecule has 0 aliphatic rings. The molecule has 6 heteroatoms. The second kappa shape index (κ2) is 31.4.